The number of alkyl halides is 3. The number of nitrogens with zero attached hydrogens (tertiary/aromatic N) is 1. The van der Waals surface area contributed by atoms with Gasteiger partial charge in [0.2, 0.25) is 0 Å². The molecule has 1 aromatic heterocycles. The number of hydrogen-bond acceptors (Lipinski definition) is 3. The molecule has 0 fully saturated rings. The quantitative estimate of drug-likeness (QED) is 0.729. The molecule has 0 aliphatic carbocycles. The Hall–Kier alpha value is -1.46. The minimum Gasteiger partial charge on any atom is -0.382 e. The van der Waals surface area contributed by atoms with Crippen LogP contribution in [-0.2, 0) is 6.18 Å². The zero-order chi connectivity index (χ0) is 15.2. The molecule has 0 aliphatic rings. The number of pyridine rings is 1. The van der Waals surface area contributed by atoms with Crippen LogP contribution < -0.4 is 11.1 Å². The maximum Gasteiger partial charge on any atom is 0.417 e. The Labute approximate surface area is 117 Å². The second kappa shape index (κ2) is 7.36. The summed E-state index contributed by atoms with van der Waals surface area (Å²) in [7, 11) is 0. The van der Waals surface area contributed by atoms with Crippen molar-refractivity contribution >= 4 is 11.5 Å². The van der Waals surface area contributed by atoms with E-state index in [1.807, 2.05) is 6.92 Å². The molecular weight excluding hydrogens is 267 g/mol. The molecule has 20 heavy (non-hydrogen) atoms. The fourth-order valence-corrected chi connectivity index (χ4v) is 1.98. The highest BCUT2D eigenvalue weighted by molar-refractivity contribution is 5.63. The maximum absolute atomic E-state index is 12.7. The zero-order valence-corrected chi connectivity index (χ0v) is 11.9. The number of anilines is 2. The third kappa shape index (κ3) is 4.90. The number of rotatable bonds is 7. The fourth-order valence-electron chi connectivity index (χ4n) is 1.98. The van der Waals surface area contributed by atoms with E-state index in [9.17, 15) is 13.2 Å². The van der Waals surface area contributed by atoms with E-state index in [1.54, 1.807) is 0 Å². The summed E-state index contributed by atoms with van der Waals surface area (Å²) in [4.78, 5) is 3.62. The number of nitrogens with two attached hydrogens (primary N) is 1. The van der Waals surface area contributed by atoms with E-state index in [2.05, 4.69) is 17.2 Å². The van der Waals surface area contributed by atoms with E-state index in [0.29, 0.717) is 0 Å². The van der Waals surface area contributed by atoms with Gasteiger partial charge in [0, 0.05) is 12.2 Å². The van der Waals surface area contributed by atoms with Gasteiger partial charge in [-0.2, -0.15) is 13.2 Å². The van der Waals surface area contributed by atoms with Gasteiger partial charge in [0.05, 0.1) is 11.3 Å². The predicted octanol–water partition coefficient (Wildman–Crippen LogP) is 4.45. The van der Waals surface area contributed by atoms with Gasteiger partial charge in [-0.3, -0.25) is 0 Å². The normalized spacial score (nSPS) is 13.2. The summed E-state index contributed by atoms with van der Waals surface area (Å²) in [5, 5.41) is 3.08. The summed E-state index contributed by atoms with van der Waals surface area (Å²) in [6.07, 6.45) is 1.39. The highest BCUT2D eigenvalue weighted by Crippen LogP contribution is 2.32. The van der Waals surface area contributed by atoms with Crippen molar-refractivity contribution in [1.82, 2.24) is 4.98 Å². The number of halogens is 3. The topological polar surface area (TPSA) is 50.9 Å². The lowest BCUT2D eigenvalue weighted by atomic mass is 10.1. The zero-order valence-electron chi connectivity index (χ0n) is 11.9. The van der Waals surface area contributed by atoms with Gasteiger partial charge in [-0.15, -0.1) is 0 Å². The van der Waals surface area contributed by atoms with Crippen molar-refractivity contribution in [1.29, 1.82) is 0 Å². The minimum absolute atomic E-state index is 0.104. The van der Waals surface area contributed by atoms with Gasteiger partial charge in [0.25, 0.3) is 0 Å². The Bertz CT molecular complexity index is 419. The number of hydrogen-bond donors (Lipinski definition) is 2. The van der Waals surface area contributed by atoms with Crippen LogP contribution in [0.2, 0.25) is 0 Å². The van der Waals surface area contributed by atoms with Crippen molar-refractivity contribution in [3.8, 4) is 0 Å². The van der Waals surface area contributed by atoms with Gasteiger partial charge in [0.1, 0.15) is 5.82 Å². The average Bonchev–Trinajstić information content (AvgIpc) is 2.38. The number of unbranched alkanes of at least 4 members (excludes halogenated alkanes) is 2. The number of nitrogen functional groups attached to an aromatic ring is 1. The van der Waals surface area contributed by atoms with Gasteiger partial charge < -0.3 is 11.1 Å². The summed E-state index contributed by atoms with van der Waals surface area (Å²) in [5.41, 5.74) is 5.14. The molecule has 1 atom stereocenters. The molecular formula is C14H22F3N3. The summed E-state index contributed by atoms with van der Waals surface area (Å²) in [6, 6.07) is 1.15. The van der Waals surface area contributed by atoms with Crippen LogP contribution in [-0.4, -0.2) is 11.0 Å². The molecule has 114 valence electrons. The summed E-state index contributed by atoms with van der Waals surface area (Å²) >= 11 is 0. The molecule has 3 N–H and O–H groups in total. The van der Waals surface area contributed by atoms with Crippen LogP contribution in [0.1, 0.15) is 51.5 Å². The molecule has 1 unspecified atom stereocenters. The monoisotopic (exact) mass is 289 g/mol. The van der Waals surface area contributed by atoms with Crippen molar-refractivity contribution in [3.05, 3.63) is 17.8 Å². The minimum atomic E-state index is -4.40. The van der Waals surface area contributed by atoms with Crippen molar-refractivity contribution in [3.63, 3.8) is 0 Å². The van der Waals surface area contributed by atoms with Crippen LogP contribution in [0.15, 0.2) is 12.3 Å². The largest absolute Gasteiger partial charge is 0.417 e. The third-order valence-corrected chi connectivity index (χ3v) is 3.25. The average molecular weight is 289 g/mol. The van der Waals surface area contributed by atoms with Crippen LogP contribution in [0.25, 0.3) is 0 Å². The lowest BCUT2D eigenvalue weighted by Gasteiger charge is -2.20. The van der Waals surface area contributed by atoms with Crippen molar-refractivity contribution < 1.29 is 13.2 Å². The summed E-state index contributed by atoms with van der Waals surface area (Å²) in [6.45, 7) is 4.12. The Balaban J connectivity index is 2.78. The molecule has 1 rings (SSSR count). The molecule has 0 aliphatic heterocycles. The van der Waals surface area contributed by atoms with Crippen LogP contribution in [0.5, 0.6) is 0 Å². The first-order valence-electron chi connectivity index (χ1n) is 6.97. The summed E-state index contributed by atoms with van der Waals surface area (Å²) in [5.74, 6) is 0.104. The van der Waals surface area contributed by atoms with Crippen molar-refractivity contribution in [2.75, 3.05) is 11.1 Å². The highest BCUT2D eigenvalue weighted by Gasteiger charge is 2.31. The standard InChI is InChI=1S/C14H22F3N3/c1-3-5-6-7-11(4-2)20-12-8-10(14(15,16)17)9-19-13(12)18/h8-9,11,20H,3-7H2,1-2H3,(H2,18,19). The van der Waals surface area contributed by atoms with Gasteiger partial charge in [-0.1, -0.05) is 33.1 Å². The smallest absolute Gasteiger partial charge is 0.382 e. The van der Waals surface area contributed by atoms with E-state index in [-0.39, 0.29) is 17.5 Å². The molecule has 0 saturated heterocycles. The fraction of sp³-hybridized carbons (Fsp3) is 0.643. The van der Waals surface area contributed by atoms with Gasteiger partial charge >= 0.3 is 6.18 Å². The molecule has 1 heterocycles. The second-order valence-electron chi connectivity index (χ2n) is 4.90. The lowest BCUT2D eigenvalue weighted by molar-refractivity contribution is -0.137. The first-order chi connectivity index (χ1) is 9.38. The Morgan fingerprint density at radius 3 is 2.55 bits per heavy atom. The maximum atomic E-state index is 12.7. The Morgan fingerprint density at radius 2 is 2.00 bits per heavy atom. The van der Waals surface area contributed by atoms with Gasteiger partial charge in [-0.25, -0.2) is 4.98 Å². The van der Waals surface area contributed by atoms with Crippen LogP contribution in [0.3, 0.4) is 0 Å². The van der Waals surface area contributed by atoms with E-state index in [4.69, 9.17) is 5.73 Å². The van der Waals surface area contributed by atoms with Gasteiger partial charge in [0.15, 0.2) is 0 Å². The predicted molar refractivity (Wildman–Crippen MR) is 75.5 cm³/mol. The SMILES string of the molecule is CCCCCC(CC)Nc1cc(C(F)(F)F)cnc1N. The highest BCUT2D eigenvalue weighted by atomic mass is 19.4. The third-order valence-electron chi connectivity index (χ3n) is 3.25. The summed E-state index contributed by atoms with van der Waals surface area (Å²) < 4.78 is 38.0. The molecule has 1 aromatic rings. The lowest BCUT2D eigenvalue weighted by Crippen LogP contribution is -2.20. The van der Waals surface area contributed by atoms with E-state index >= 15 is 0 Å². The number of nitrogens with one attached hydrogen (secondary N) is 1. The molecule has 0 aromatic carbocycles. The van der Waals surface area contributed by atoms with E-state index in [0.717, 1.165) is 44.4 Å². The number of aromatic nitrogens is 1. The van der Waals surface area contributed by atoms with Crippen molar-refractivity contribution in [2.45, 2.75) is 58.2 Å². The molecule has 0 bridgehead atoms. The molecule has 3 nitrogen and oxygen atoms in total. The van der Waals surface area contributed by atoms with E-state index in [1.165, 1.54) is 0 Å². The van der Waals surface area contributed by atoms with Crippen LogP contribution >= 0.6 is 0 Å². The second-order valence-corrected chi connectivity index (χ2v) is 4.90. The van der Waals surface area contributed by atoms with Crippen LogP contribution in [0.4, 0.5) is 24.7 Å². The van der Waals surface area contributed by atoms with Gasteiger partial charge in [-0.05, 0) is 18.9 Å². The Kier molecular flexibility index (Phi) is 6.10. The Morgan fingerprint density at radius 1 is 1.30 bits per heavy atom. The van der Waals surface area contributed by atoms with Crippen molar-refractivity contribution in [2.24, 2.45) is 0 Å². The molecule has 6 heteroatoms. The van der Waals surface area contributed by atoms with E-state index < -0.39 is 11.7 Å². The molecule has 0 radical (unpaired) electrons. The molecule has 0 saturated carbocycles. The first kappa shape index (κ1) is 16.6. The van der Waals surface area contributed by atoms with Crippen LogP contribution in [0, 0.1) is 0 Å². The first-order valence-corrected chi connectivity index (χ1v) is 6.97. The molecule has 0 amide bonds. The molecule has 0 spiro atoms.